The molecule has 0 fully saturated rings. The Balaban J connectivity index is 1.77. The number of benzene rings is 1. The van der Waals surface area contributed by atoms with Crippen LogP contribution in [0.2, 0.25) is 5.02 Å². The predicted octanol–water partition coefficient (Wildman–Crippen LogP) is 1.68. The van der Waals surface area contributed by atoms with Crippen LogP contribution in [0.1, 0.15) is 24.9 Å². The van der Waals surface area contributed by atoms with E-state index in [1.165, 1.54) is 0 Å². The van der Waals surface area contributed by atoms with E-state index in [-0.39, 0.29) is 30.8 Å². The van der Waals surface area contributed by atoms with Gasteiger partial charge in [0.05, 0.1) is 30.5 Å². The molecule has 1 atom stereocenters. The summed E-state index contributed by atoms with van der Waals surface area (Å²) < 4.78 is 4.91. The summed E-state index contributed by atoms with van der Waals surface area (Å²) in [5, 5.41) is 6.25. The molecule has 2 N–H and O–H groups in total. The fraction of sp³-hybridized carbons (Fsp3) is 0.450. The van der Waals surface area contributed by atoms with Crippen LogP contribution in [0.3, 0.4) is 0 Å². The summed E-state index contributed by atoms with van der Waals surface area (Å²) >= 11 is 5.98. The first-order chi connectivity index (χ1) is 14.0. The van der Waals surface area contributed by atoms with E-state index in [4.69, 9.17) is 16.3 Å². The first kappa shape index (κ1) is 21.1. The van der Waals surface area contributed by atoms with Gasteiger partial charge in [-0.25, -0.2) is 4.79 Å². The number of methoxy groups -OCH3 is 1. The highest BCUT2D eigenvalue weighted by atomic mass is 35.5. The molecule has 1 aromatic rings. The van der Waals surface area contributed by atoms with Crippen molar-refractivity contribution < 1.29 is 19.1 Å². The highest BCUT2D eigenvalue weighted by Crippen LogP contribution is 2.36. The summed E-state index contributed by atoms with van der Waals surface area (Å²) in [6, 6.07) is 6.30. The first-order valence-corrected chi connectivity index (χ1v) is 9.95. The summed E-state index contributed by atoms with van der Waals surface area (Å²) in [5.41, 5.74) is 2.04. The number of amides is 4. The zero-order valence-corrected chi connectivity index (χ0v) is 17.3. The summed E-state index contributed by atoms with van der Waals surface area (Å²) in [4.78, 5) is 40.9. The second-order valence-electron chi connectivity index (χ2n) is 6.86. The van der Waals surface area contributed by atoms with Gasteiger partial charge in [0.1, 0.15) is 0 Å². The quantitative estimate of drug-likeness (QED) is 0.626. The molecule has 156 valence electrons. The monoisotopic (exact) mass is 420 g/mol. The average molecular weight is 421 g/mol. The normalized spacial score (nSPS) is 18.8. The molecule has 1 aromatic carbocycles. The minimum atomic E-state index is -0.536. The molecule has 0 aromatic heterocycles. The molecule has 0 radical (unpaired) electrons. The summed E-state index contributed by atoms with van der Waals surface area (Å²) in [6.07, 6.45) is 0.190. The van der Waals surface area contributed by atoms with Crippen LogP contribution < -0.4 is 10.6 Å². The van der Waals surface area contributed by atoms with Crippen molar-refractivity contribution in [2.75, 3.05) is 39.9 Å². The molecule has 0 bridgehead atoms. The SMILES string of the molecule is CCN1C(=O)N[C@H](c2ccc(Cl)cc2)C2=C1CN(CCC(=O)NCCOC)C2=O. The smallest absolute Gasteiger partial charge is 0.322 e. The fourth-order valence-electron chi connectivity index (χ4n) is 3.59. The van der Waals surface area contributed by atoms with Crippen molar-refractivity contribution in [1.29, 1.82) is 0 Å². The predicted molar refractivity (Wildman–Crippen MR) is 108 cm³/mol. The minimum absolute atomic E-state index is 0.143. The Hall–Kier alpha value is -2.58. The van der Waals surface area contributed by atoms with Crippen LogP contribution in [0.5, 0.6) is 0 Å². The lowest BCUT2D eigenvalue weighted by molar-refractivity contribution is -0.127. The van der Waals surface area contributed by atoms with Crippen molar-refractivity contribution in [1.82, 2.24) is 20.4 Å². The first-order valence-electron chi connectivity index (χ1n) is 9.57. The van der Waals surface area contributed by atoms with Crippen molar-refractivity contribution >= 4 is 29.4 Å². The van der Waals surface area contributed by atoms with Gasteiger partial charge < -0.3 is 20.3 Å². The topological polar surface area (TPSA) is 91.0 Å². The Labute approximate surface area is 174 Å². The van der Waals surface area contributed by atoms with Crippen LogP contribution in [0.25, 0.3) is 0 Å². The molecule has 8 nitrogen and oxygen atoms in total. The molecular formula is C20H25ClN4O4. The number of likely N-dealkylation sites (N-methyl/N-ethyl adjacent to an activating group) is 1. The maximum Gasteiger partial charge on any atom is 0.322 e. The lowest BCUT2D eigenvalue weighted by atomic mass is 9.95. The van der Waals surface area contributed by atoms with Crippen molar-refractivity contribution in [2.45, 2.75) is 19.4 Å². The molecule has 9 heteroatoms. The number of rotatable bonds is 8. The third-order valence-electron chi connectivity index (χ3n) is 5.05. The zero-order chi connectivity index (χ0) is 21.0. The van der Waals surface area contributed by atoms with Gasteiger partial charge in [0.25, 0.3) is 5.91 Å². The van der Waals surface area contributed by atoms with Gasteiger partial charge in [-0.05, 0) is 24.6 Å². The van der Waals surface area contributed by atoms with Crippen LogP contribution in [0.15, 0.2) is 35.5 Å². The lowest BCUT2D eigenvalue weighted by Crippen LogP contribution is -2.47. The third-order valence-corrected chi connectivity index (χ3v) is 5.31. The van der Waals surface area contributed by atoms with Crippen LogP contribution in [-0.2, 0) is 14.3 Å². The van der Waals surface area contributed by atoms with Crippen LogP contribution >= 0.6 is 11.6 Å². The van der Waals surface area contributed by atoms with E-state index in [0.717, 1.165) is 5.56 Å². The number of nitrogens with one attached hydrogen (secondary N) is 2. The van der Waals surface area contributed by atoms with Gasteiger partial charge in [0, 0.05) is 38.2 Å². The molecule has 3 rings (SSSR count). The molecule has 4 amide bonds. The molecule has 0 spiro atoms. The number of urea groups is 1. The second-order valence-corrected chi connectivity index (χ2v) is 7.29. The Morgan fingerprint density at radius 3 is 2.69 bits per heavy atom. The zero-order valence-electron chi connectivity index (χ0n) is 16.5. The minimum Gasteiger partial charge on any atom is -0.383 e. The molecule has 2 heterocycles. The number of halogens is 1. The summed E-state index contributed by atoms with van der Waals surface area (Å²) in [7, 11) is 1.57. The Morgan fingerprint density at radius 2 is 2.03 bits per heavy atom. The maximum absolute atomic E-state index is 13.1. The van der Waals surface area contributed by atoms with Crippen LogP contribution in [0.4, 0.5) is 4.79 Å². The van der Waals surface area contributed by atoms with E-state index < -0.39 is 6.04 Å². The molecule has 29 heavy (non-hydrogen) atoms. The van der Waals surface area contributed by atoms with Gasteiger partial charge in [-0.3, -0.25) is 14.5 Å². The van der Waals surface area contributed by atoms with E-state index >= 15 is 0 Å². The van der Waals surface area contributed by atoms with Gasteiger partial charge in [-0.1, -0.05) is 23.7 Å². The van der Waals surface area contributed by atoms with E-state index in [1.807, 2.05) is 6.92 Å². The third kappa shape index (κ3) is 4.54. The maximum atomic E-state index is 13.1. The number of ether oxygens (including phenoxy) is 1. The summed E-state index contributed by atoms with van der Waals surface area (Å²) in [6.45, 7) is 3.78. The molecule has 0 saturated carbocycles. The van der Waals surface area contributed by atoms with E-state index in [0.29, 0.717) is 42.5 Å². The Morgan fingerprint density at radius 1 is 1.31 bits per heavy atom. The van der Waals surface area contributed by atoms with Crippen molar-refractivity contribution in [2.24, 2.45) is 0 Å². The Kier molecular flexibility index (Phi) is 6.76. The molecular weight excluding hydrogens is 396 g/mol. The molecule has 0 saturated heterocycles. The van der Waals surface area contributed by atoms with E-state index in [2.05, 4.69) is 10.6 Å². The van der Waals surface area contributed by atoms with Gasteiger partial charge in [-0.2, -0.15) is 0 Å². The van der Waals surface area contributed by atoms with Crippen LogP contribution in [0, 0.1) is 0 Å². The van der Waals surface area contributed by atoms with Crippen molar-refractivity contribution in [3.05, 3.63) is 46.1 Å². The number of carbonyl (C=O) groups is 3. The van der Waals surface area contributed by atoms with Gasteiger partial charge >= 0.3 is 6.03 Å². The van der Waals surface area contributed by atoms with Gasteiger partial charge in [-0.15, -0.1) is 0 Å². The van der Waals surface area contributed by atoms with E-state index in [9.17, 15) is 14.4 Å². The standard InChI is InChI=1S/C20H25ClN4O4/c1-3-25-15-12-24(10-8-16(26)22-9-11-29-2)19(27)17(15)18(23-20(25)28)13-4-6-14(21)7-5-13/h4-7,18H,3,8-12H2,1-2H3,(H,22,26)(H,23,28)/t18-/m1/s1. The highest BCUT2D eigenvalue weighted by Gasteiger charge is 2.43. The molecule has 2 aliphatic heterocycles. The van der Waals surface area contributed by atoms with Crippen molar-refractivity contribution in [3.63, 3.8) is 0 Å². The second kappa shape index (κ2) is 9.28. The number of nitrogens with zero attached hydrogens (tertiary/aromatic N) is 2. The number of hydrogen-bond acceptors (Lipinski definition) is 4. The van der Waals surface area contributed by atoms with Crippen LogP contribution in [-0.4, -0.2) is 67.5 Å². The molecule has 0 unspecified atom stereocenters. The number of hydrogen-bond donors (Lipinski definition) is 2. The average Bonchev–Trinajstić information content (AvgIpc) is 3.03. The highest BCUT2D eigenvalue weighted by molar-refractivity contribution is 6.30. The van der Waals surface area contributed by atoms with Gasteiger partial charge in [0.15, 0.2) is 0 Å². The summed E-state index contributed by atoms with van der Waals surface area (Å²) in [5.74, 6) is -0.307. The number of carbonyl (C=O) groups excluding carboxylic acids is 3. The Bertz CT molecular complexity index is 824. The lowest BCUT2D eigenvalue weighted by Gasteiger charge is -2.32. The van der Waals surface area contributed by atoms with Crippen molar-refractivity contribution in [3.8, 4) is 0 Å². The largest absolute Gasteiger partial charge is 0.383 e. The fourth-order valence-corrected chi connectivity index (χ4v) is 3.71. The molecule has 0 aliphatic carbocycles. The molecule has 2 aliphatic rings. The van der Waals surface area contributed by atoms with E-state index in [1.54, 1.807) is 41.2 Å². The van der Waals surface area contributed by atoms with Gasteiger partial charge in [0.2, 0.25) is 5.91 Å².